The molecule has 1 aromatic heterocycles. The van der Waals surface area contributed by atoms with Crippen LogP contribution in [0.1, 0.15) is 21.7 Å². The molecule has 0 atom stereocenters. The van der Waals surface area contributed by atoms with Crippen molar-refractivity contribution < 1.29 is 17.6 Å². The van der Waals surface area contributed by atoms with Crippen molar-refractivity contribution in [1.29, 1.82) is 0 Å². The summed E-state index contributed by atoms with van der Waals surface area (Å²) in [5.74, 6) is 0.119. The summed E-state index contributed by atoms with van der Waals surface area (Å²) in [6.45, 7) is 3.42. The zero-order valence-electron chi connectivity index (χ0n) is 11.0. The van der Waals surface area contributed by atoms with Gasteiger partial charge in [-0.25, -0.2) is 13.6 Å². The molecule has 0 aliphatic rings. The molecule has 0 radical (unpaired) electrons. The molecule has 7 heteroatoms. The standard InChI is InChI=1S/C13H14N2O4S/c1-8-3-4-10(20(14,17)18)7-12(8)15-13(16)11-5-6-19-9(11)2/h3-7H,1-2H3,(H,15,16)(H2,14,17,18). The predicted octanol–water partition coefficient (Wildman–Crippen LogP) is 1.80. The number of anilines is 1. The van der Waals surface area contributed by atoms with Gasteiger partial charge in [0.2, 0.25) is 10.0 Å². The molecule has 1 amide bonds. The lowest BCUT2D eigenvalue weighted by atomic mass is 10.2. The van der Waals surface area contributed by atoms with Crippen LogP contribution < -0.4 is 10.5 Å². The van der Waals surface area contributed by atoms with Crippen molar-refractivity contribution in [3.63, 3.8) is 0 Å². The Hall–Kier alpha value is -2.12. The Morgan fingerprint density at radius 1 is 1.25 bits per heavy atom. The van der Waals surface area contributed by atoms with Crippen LogP contribution >= 0.6 is 0 Å². The molecule has 0 spiro atoms. The van der Waals surface area contributed by atoms with Gasteiger partial charge in [0.15, 0.2) is 0 Å². The van der Waals surface area contributed by atoms with E-state index in [1.165, 1.54) is 18.4 Å². The lowest BCUT2D eigenvalue weighted by molar-refractivity contribution is 0.102. The van der Waals surface area contributed by atoms with Crippen molar-refractivity contribution >= 4 is 21.6 Å². The second-order valence-corrected chi connectivity index (χ2v) is 5.93. The zero-order valence-corrected chi connectivity index (χ0v) is 11.8. The van der Waals surface area contributed by atoms with Crippen molar-refractivity contribution in [3.05, 3.63) is 47.4 Å². The Bertz CT molecular complexity index is 762. The number of amides is 1. The first-order chi connectivity index (χ1) is 9.29. The SMILES string of the molecule is Cc1ccc(S(N)(=O)=O)cc1NC(=O)c1ccoc1C. The summed E-state index contributed by atoms with van der Waals surface area (Å²) in [7, 11) is -3.81. The summed E-state index contributed by atoms with van der Waals surface area (Å²) >= 11 is 0. The third-order valence-corrected chi connectivity index (χ3v) is 3.80. The second kappa shape index (κ2) is 5.10. The Morgan fingerprint density at radius 3 is 2.50 bits per heavy atom. The average Bonchev–Trinajstić information content (AvgIpc) is 2.77. The van der Waals surface area contributed by atoms with Gasteiger partial charge in [-0.2, -0.15) is 0 Å². The Balaban J connectivity index is 2.34. The van der Waals surface area contributed by atoms with E-state index in [1.54, 1.807) is 26.0 Å². The smallest absolute Gasteiger partial charge is 0.259 e. The maximum absolute atomic E-state index is 12.1. The van der Waals surface area contributed by atoms with Crippen LogP contribution in [0.15, 0.2) is 39.8 Å². The van der Waals surface area contributed by atoms with Gasteiger partial charge in [0.05, 0.1) is 16.7 Å². The highest BCUT2D eigenvalue weighted by Crippen LogP contribution is 2.21. The predicted molar refractivity (Wildman–Crippen MR) is 74.0 cm³/mol. The molecule has 0 aliphatic carbocycles. The highest BCUT2D eigenvalue weighted by atomic mass is 32.2. The molecule has 0 saturated carbocycles. The molecule has 0 aliphatic heterocycles. The van der Waals surface area contributed by atoms with Crippen LogP contribution in [0.5, 0.6) is 0 Å². The number of nitrogens with two attached hydrogens (primary N) is 1. The van der Waals surface area contributed by atoms with Crippen LogP contribution in [0.4, 0.5) is 5.69 Å². The Morgan fingerprint density at radius 2 is 1.95 bits per heavy atom. The summed E-state index contributed by atoms with van der Waals surface area (Å²) in [5, 5.41) is 7.72. The highest BCUT2D eigenvalue weighted by molar-refractivity contribution is 7.89. The molecule has 1 aromatic carbocycles. The summed E-state index contributed by atoms with van der Waals surface area (Å²) in [5.41, 5.74) is 1.51. The molecule has 20 heavy (non-hydrogen) atoms. The lowest BCUT2D eigenvalue weighted by Gasteiger charge is -2.09. The Labute approximate surface area is 116 Å². The van der Waals surface area contributed by atoms with Gasteiger partial charge in [0.1, 0.15) is 5.76 Å². The molecule has 3 N–H and O–H groups in total. The van der Waals surface area contributed by atoms with Crippen LogP contribution in [-0.4, -0.2) is 14.3 Å². The molecule has 0 fully saturated rings. The van der Waals surface area contributed by atoms with E-state index in [9.17, 15) is 13.2 Å². The number of primary sulfonamides is 1. The van der Waals surface area contributed by atoms with Gasteiger partial charge in [0, 0.05) is 5.69 Å². The van der Waals surface area contributed by atoms with E-state index in [1.807, 2.05) is 0 Å². The molecule has 6 nitrogen and oxygen atoms in total. The van der Waals surface area contributed by atoms with Gasteiger partial charge >= 0.3 is 0 Å². The minimum absolute atomic E-state index is 0.0534. The van der Waals surface area contributed by atoms with E-state index in [-0.39, 0.29) is 10.8 Å². The van der Waals surface area contributed by atoms with Crippen LogP contribution in [0.3, 0.4) is 0 Å². The number of carbonyl (C=O) groups excluding carboxylic acids is 1. The maximum Gasteiger partial charge on any atom is 0.259 e. The molecule has 1 heterocycles. The number of carbonyl (C=O) groups is 1. The molecular weight excluding hydrogens is 280 g/mol. The quantitative estimate of drug-likeness (QED) is 0.900. The number of benzene rings is 1. The maximum atomic E-state index is 12.1. The fourth-order valence-electron chi connectivity index (χ4n) is 1.72. The first-order valence-electron chi connectivity index (χ1n) is 5.78. The molecule has 2 aromatic rings. The van der Waals surface area contributed by atoms with Crippen LogP contribution in [0, 0.1) is 13.8 Å². The number of hydrogen-bond donors (Lipinski definition) is 2. The summed E-state index contributed by atoms with van der Waals surface area (Å²) < 4.78 is 27.7. The number of aryl methyl sites for hydroxylation is 2. The normalized spacial score (nSPS) is 11.3. The van der Waals surface area contributed by atoms with E-state index in [4.69, 9.17) is 9.56 Å². The minimum Gasteiger partial charge on any atom is -0.469 e. The van der Waals surface area contributed by atoms with Crippen LogP contribution in [0.25, 0.3) is 0 Å². The van der Waals surface area contributed by atoms with Gasteiger partial charge < -0.3 is 9.73 Å². The first kappa shape index (κ1) is 14.3. The largest absolute Gasteiger partial charge is 0.469 e. The van der Waals surface area contributed by atoms with Crippen molar-refractivity contribution in [2.45, 2.75) is 18.7 Å². The molecule has 0 bridgehead atoms. The van der Waals surface area contributed by atoms with Crippen molar-refractivity contribution in [2.24, 2.45) is 5.14 Å². The third kappa shape index (κ3) is 2.89. The van der Waals surface area contributed by atoms with Crippen molar-refractivity contribution in [3.8, 4) is 0 Å². The van der Waals surface area contributed by atoms with Crippen molar-refractivity contribution in [1.82, 2.24) is 0 Å². The molecule has 0 unspecified atom stereocenters. The van der Waals surface area contributed by atoms with Gasteiger partial charge in [-0.1, -0.05) is 6.07 Å². The summed E-state index contributed by atoms with van der Waals surface area (Å²) in [6.07, 6.45) is 1.41. The van der Waals surface area contributed by atoms with Gasteiger partial charge in [-0.15, -0.1) is 0 Å². The third-order valence-electron chi connectivity index (χ3n) is 2.89. The van der Waals surface area contributed by atoms with E-state index < -0.39 is 10.0 Å². The van der Waals surface area contributed by atoms with Crippen LogP contribution in [-0.2, 0) is 10.0 Å². The number of furan rings is 1. The number of nitrogens with one attached hydrogen (secondary N) is 1. The highest BCUT2D eigenvalue weighted by Gasteiger charge is 2.15. The summed E-state index contributed by atoms with van der Waals surface area (Å²) in [4.78, 5) is 12.0. The lowest BCUT2D eigenvalue weighted by Crippen LogP contribution is -2.15. The minimum atomic E-state index is -3.81. The zero-order chi connectivity index (χ0) is 14.9. The topological polar surface area (TPSA) is 102 Å². The fourth-order valence-corrected chi connectivity index (χ4v) is 2.26. The first-order valence-corrected chi connectivity index (χ1v) is 7.32. The van der Waals surface area contributed by atoms with E-state index in [0.717, 1.165) is 5.56 Å². The van der Waals surface area contributed by atoms with E-state index in [2.05, 4.69) is 5.32 Å². The monoisotopic (exact) mass is 294 g/mol. The molecule has 0 saturated heterocycles. The number of sulfonamides is 1. The van der Waals surface area contributed by atoms with Gasteiger partial charge in [-0.3, -0.25) is 4.79 Å². The Kier molecular flexibility index (Phi) is 3.65. The van der Waals surface area contributed by atoms with Crippen molar-refractivity contribution in [2.75, 3.05) is 5.32 Å². The number of hydrogen-bond acceptors (Lipinski definition) is 4. The molecule has 2 rings (SSSR count). The van der Waals surface area contributed by atoms with Crippen LogP contribution in [0.2, 0.25) is 0 Å². The average molecular weight is 294 g/mol. The number of rotatable bonds is 3. The van der Waals surface area contributed by atoms with Gasteiger partial charge in [0.25, 0.3) is 5.91 Å². The fraction of sp³-hybridized carbons (Fsp3) is 0.154. The van der Waals surface area contributed by atoms with E-state index >= 15 is 0 Å². The molecular formula is C13H14N2O4S. The van der Waals surface area contributed by atoms with E-state index in [0.29, 0.717) is 17.0 Å². The summed E-state index contributed by atoms with van der Waals surface area (Å²) in [6, 6.07) is 5.85. The second-order valence-electron chi connectivity index (χ2n) is 4.37. The van der Waals surface area contributed by atoms with Gasteiger partial charge in [-0.05, 0) is 37.6 Å². The molecule has 106 valence electrons.